The molecule has 21 heavy (non-hydrogen) atoms. The van der Waals surface area contributed by atoms with Crippen molar-refractivity contribution in [1.29, 1.82) is 0 Å². The maximum Gasteiger partial charge on any atom is 0.114 e. The van der Waals surface area contributed by atoms with Gasteiger partial charge in [-0.05, 0) is 49.5 Å². The number of hydrogen-bond donors (Lipinski definition) is 0. The van der Waals surface area contributed by atoms with Gasteiger partial charge in [0.05, 0.1) is 0 Å². The van der Waals surface area contributed by atoms with Crippen LogP contribution in [0, 0.1) is 0 Å². The summed E-state index contributed by atoms with van der Waals surface area (Å²) >= 11 is 0. The number of ether oxygens (including phenoxy) is 1. The zero-order chi connectivity index (χ0) is 13.6. The maximum absolute atomic E-state index is 5.81. The van der Waals surface area contributed by atoms with Crippen molar-refractivity contribution in [2.24, 2.45) is 0 Å². The Morgan fingerprint density at radius 1 is 0.810 bits per heavy atom. The third-order valence-electron chi connectivity index (χ3n) is 5.00. The van der Waals surface area contributed by atoms with Crippen LogP contribution in [0.3, 0.4) is 0 Å². The summed E-state index contributed by atoms with van der Waals surface area (Å²) in [4.78, 5) is 0. The minimum atomic E-state index is 0.273. The lowest BCUT2D eigenvalue weighted by Gasteiger charge is -2.16. The molecule has 1 nitrogen and oxygen atoms in total. The fraction of sp³-hybridized carbons (Fsp3) is 0.100. The standard InChI is InChI=1S/C20H12O/c1-2-11-4-5-13-10-14-7-9-16-20(21-16)19(14)15-8-6-12(3-1)17(11)18(13)15/h1-10,16,20H/t16-,20-/m1/s1. The zero-order valence-corrected chi connectivity index (χ0v) is 11.3. The van der Waals surface area contributed by atoms with Crippen molar-refractivity contribution >= 4 is 38.4 Å². The van der Waals surface area contributed by atoms with Crippen molar-refractivity contribution in [2.45, 2.75) is 12.2 Å². The Kier molecular flexibility index (Phi) is 1.61. The Hall–Kier alpha value is -2.38. The molecular weight excluding hydrogens is 256 g/mol. The van der Waals surface area contributed by atoms with E-state index in [0.717, 1.165) is 0 Å². The van der Waals surface area contributed by atoms with Crippen molar-refractivity contribution in [2.75, 3.05) is 0 Å². The maximum atomic E-state index is 5.81. The minimum Gasteiger partial charge on any atom is -0.360 e. The number of hydrogen-bond acceptors (Lipinski definition) is 1. The molecule has 6 rings (SSSR count). The summed E-state index contributed by atoms with van der Waals surface area (Å²) in [5.41, 5.74) is 2.70. The average Bonchev–Trinajstić information content (AvgIpc) is 3.31. The van der Waals surface area contributed by atoms with Crippen molar-refractivity contribution in [3.05, 3.63) is 65.7 Å². The highest BCUT2D eigenvalue weighted by atomic mass is 16.6. The van der Waals surface area contributed by atoms with E-state index in [1.54, 1.807) is 0 Å². The summed E-state index contributed by atoms with van der Waals surface area (Å²) in [6, 6.07) is 17.9. The van der Waals surface area contributed by atoms with Gasteiger partial charge in [0, 0.05) is 0 Å². The smallest absolute Gasteiger partial charge is 0.114 e. The zero-order valence-electron chi connectivity index (χ0n) is 11.3. The molecule has 4 aromatic carbocycles. The summed E-state index contributed by atoms with van der Waals surface area (Å²) < 4.78 is 5.81. The molecule has 2 atom stereocenters. The van der Waals surface area contributed by atoms with Crippen molar-refractivity contribution in [1.82, 2.24) is 0 Å². The van der Waals surface area contributed by atoms with E-state index in [1.807, 2.05) is 0 Å². The van der Waals surface area contributed by atoms with Gasteiger partial charge in [0.2, 0.25) is 0 Å². The van der Waals surface area contributed by atoms with Gasteiger partial charge in [-0.15, -0.1) is 0 Å². The number of benzene rings is 4. The molecule has 1 heteroatoms. The Morgan fingerprint density at radius 2 is 1.62 bits per heavy atom. The highest BCUT2D eigenvalue weighted by Crippen LogP contribution is 2.50. The van der Waals surface area contributed by atoms with Gasteiger partial charge in [-0.25, -0.2) is 0 Å². The predicted octanol–water partition coefficient (Wildman–Crippen LogP) is 5.05. The average molecular weight is 268 g/mol. The molecule has 0 amide bonds. The molecule has 1 heterocycles. The van der Waals surface area contributed by atoms with Crippen molar-refractivity contribution in [3.8, 4) is 0 Å². The lowest BCUT2D eigenvalue weighted by atomic mass is 9.86. The van der Waals surface area contributed by atoms with Crippen LogP contribution >= 0.6 is 0 Å². The van der Waals surface area contributed by atoms with Gasteiger partial charge in [0.15, 0.2) is 0 Å². The van der Waals surface area contributed by atoms with Gasteiger partial charge in [0.25, 0.3) is 0 Å². The molecule has 0 N–H and O–H groups in total. The summed E-state index contributed by atoms with van der Waals surface area (Å²) in [5.74, 6) is 0. The van der Waals surface area contributed by atoms with Gasteiger partial charge in [-0.3, -0.25) is 0 Å². The number of fused-ring (bicyclic) bond motifs is 4. The predicted molar refractivity (Wildman–Crippen MR) is 86.8 cm³/mol. The van der Waals surface area contributed by atoms with Crippen LogP contribution < -0.4 is 0 Å². The first kappa shape index (κ1) is 10.4. The highest BCUT2D eigenvalue weighted by molar-refractivity contribution is 6.24. The van der Waals surface area contributed by atoms with Crippen LogP contribution in [-0.2, 0) is 4.74 Å². The van der Waals surface area contributed by atoms with Gasteiger partial charge >= 0.3 is 0 Å². The van der Waals surface area contributed by atoms with E-state index in [2.05, 4.69) is 60.7 Å². The van der Waals surface area contributed by atoms with Gasteiger partial charge in [-0.2, -0.15) is 0 Å². The van der Waals surface area contributed by atoms with E-state index in [0.29, 0.717) is 6.10 Å². The summed E-state index contributed by atoms with van der Waals surface area (Å²) in [6.07, 6.45) is 4.98. The first-order valence-electron chi connectivity index (χ1n) is 7.44. The quantitative estimate of drug-likeness (QED) is 0.321. The molecule has 98 valence electrons. The third kappa shape index (κ3) is 1.17. The lowest BCUT2D eigenvalue weighted by molar-refractivity contribution is 0.396. The summed E-state index contributed by atoms with van der Waals surface area (Å²) in [6.45, 7) is 0. The largest absolute Gasteiger partial charge is 0.360 e. The SMILES string of the molecule is C1=C[C@H]2O[C@H]2c2c1cc1ccc3cccc4ccc2c1c34. The van der Waals surface area contributed by atoms with Crippen molar-refractivity contribution < 1.29 is 4.74 Å². The first-order valence-corrected chi connectivity index (χ1v) is 7.44. The Labute approximate surface area is 121 Å². The molecule has 2 aliphatic rings. The van der Waals surface area contributed by atoms with Gasteiger partial charge < -0.3 is 4.74 Å². The van der Waals surface area contributed by atoms with Crippen LogP contribution in [0.1, 0.15) is 17.2 Å². The summed E-state index contributed by atoms with van der Waals surface area (Å²) in [7, 11) is 0. The topological polar surface area (TPSA) is 12.5 Å². The molecular formula is C20H12O. The Bertz CT molecular complexity index is 1060. The van der Waals surface area contributed by atoms with E-state index in [4.69, 9.17) is 4.74 Å². The molecule has 0 radical (unpaired) electrons. The van der Waals surface area contributed by atoms with Crippen LogP contribution in [-0.4, -0.2) is 6.10 Å². The van der Waals surface area contributed by atoms with Crippen LogP contribution in [0.15, 0.2) is 54.6 Å². The van der Waals surface area contributed by atoms with Crippen LogP contribution in [0.2, 0.25) is 0 Å². The van der Waals surface area contributed by atoms with E-state index in [-0.39, 0.29) is 6.10 Å². The fourth-order valence-corrected chi connectivity index (χ4v) is 4.01. The van der Waals surface area contributed by atoms with Gasteiger partial charge in [0.1, 0.15) is 12.2 Å². The molecule has 0 unspecified atom stereocenters. The highest BCUT2D eigenvalue weighted by Gasteiger charge is 2.42. The number of epoxide rings is 1. The van der Waals surface area contributed by atoms with E-state index < -0.39 is 0 Å². The van der Waals surface area contributed by atoms with Crippen molar-refractivity contribution in [3.63, 3.8) is 0 Å². The van der Waals surface area contributed by atoms with Crippen LogP contribution in [0.4, 0.5) is 0 Å². The number of rotatable bonds is 0. The normalized spacial score (nSPS) is 22.9. The molecule has 4 aromatic rings. The second-order valence-electron chi connectivity index (χ2n) is 6.12. The molecule has 0 saturated carbocycles. The molecule has 1 saturated heterocycles. The van der Waals surface area contributed by atoms with Crippen LogP contribution in [0.5, 0.6) is 0 Å². The third-order valence-corrected chi connectivity index (χ3v) is 5.00. The lowest BCUT2D eigenvalue weighted by Crippen LogP contribution is -1.98. The first-order chi connectivity index (χ1) is 10.4. The van der Waals surface area contributed by atoms with Gasteiger partial charge in [-0.1, -0.05) is 54.6 Å². The fourth-order valence-electron chi connectivity index (χ4n) is 4.01. The molecule has 0 spiro atoms. The monoisotopic (exact) mass is 268 g/mol. The molecule has 1 aliphatic heterocycles. The van der Waals surface area contributed by atoms with Crippen LogP contribution in [0.25, 0.3) is 38.4 Å². The Balaban J connectivity index is 1.94. The molecule has 0 aromatic heterocycles. The van der Waals surface area contributed by atoms with E-state index in [1.165, 1.54) is 43.4 Å². The van der Waals surface area contributed by atoms with E-state index >= 15 is 0 Å². The second kappa shape index (κ2) is 3.26. The van der Waals surface area contributed by atoms with E-state index in [9.17, 15) is 0 Å². The Morgan fingerprint density at radius 3 is 2.52 bits per heavy atom. The minimum absolute atomic E-state index is 0.273. The molecule has 1 fully saturated rings. The molecule has 1 aliphatic carbocycles. The summed E-state index contributed by atoms with van der Waals surface area (Å²) in [5, 5.41) is 8.13. The second-order valence-corrected chi connectivity index (χ2v) is 6.12. The molecule has 0 bridgehead atoms.